The van der Waals surface area contributed by atoms with Gasteiger partial charge in [0.15, 0.2) is 0 Å². The second-order valence-corrected chi connectivity index (χ2v) is 10.9. The average Bonchev–Trinajstić information content (AvgIpc) is 3.41. The smallest absolute Gasteiger partial charge is 0.257 e. The predicted octanol–water partition coefficient (Wildman–Crippen LogP) is 5.29. The quantitative estimate of drug-likeness (QED) is 0.299. The SMILES string of the molecule is Cc1c(C(=O)N2CCCN(Cc3cn(-c4ccc(Br)c(Cl)c4)nn3)CC2)cnn1-c1cccc(Br)c1. The van der Waals surface area contributed by atoms with Crippen LogP contribution >= 0.6 is 43.5 Å². The lowest BCUT2D eigenvalue weighted by atomic mass is 10.2. The van der Waals surface area contributed by atoms with E-state index in [1.807, 2.05) is 65.2 Å². The zero-order valence-corrected chi connectivity index (χ0v) is 23.5. The first-order valence-electron chi connectivity index (χ1n) is 11.6. The lowest BCUT2D eigenvalue weighted by molar-refractivity contribution is 0.0760. The Morgan fingerprint density at radius 1 is 1.06 bits per heavy atom. The molecule has 1 saturated heterocycles. The minimum absolute atomic E-state index is 0.0219. The molecule has 4 aromatic rings. The van der Waals surface area contributed by atoms with Gasteiger partial charge in [-0.15, -0.1) is 5.10 Å². The molecule has 2 aromatic carbocycles. The molecule has 8 nitrogen and oxygen atoms in total. The van der Waals surface area contributed by atoms with Crippen LogP contribution in [0.3, 0.4) is 0 Å². The largest absolute Gasteiger partial charge is 0.337 e. The molecule has 186 valence electrons. The van der Waals surface area contributed by atoms with E-state index < -0.39 is 0 Å². The van der Waals surface area contributed by atoms with Crippen molar-refractivity contribution in [2.45, 2.75) is 19.9 Å². The van der Waals surface area contributed by atoms with Crippen LogP contribution in [-0.4, -0.2) is 66.7 Å². The van der Waals surface area contributed by atoms with Gasteiger partial charge in [-0.2, -0.15) is 5.10 Å². The summed E-state index contributed by atoms with van der Waals surface area (Å²) in [5, 5.41) is 13.7. The lowest BCUT2D eigenvalue weighted by Crippen LogP contribution is -2.35. The minimum Gasteiger partial charge on any atom is -0.337 e. The second-order valence-electron chi connectivity index (χ2n) is 8.71. The number of rotatable bonds is 5. The van der Waals surface area contributed by atoms with E-state index in [4.69, 9.17) is 11.6 Å². The van der Waals surface area contributed by atoms with Gasteiger partial charge in [-0.3, -0.25) is 9.69 Å². The average molecular weight is 634 g/mol. The molecule has 1 amide bonds. The Labute approximate surface area is 231 Å². The summed E-state index contributed by atoms with van der Waals surface area (Å²) in [6.45, 7) is 5.62. The highest BCUT2D eigenvalue weighted by atomic mass is 79.9. The molecule has 0 atom stereocenters. The number of carbonyl (C=O) groups excluding carboxylic acids is 1. The molecule has 1 aliphatic heterocycles. The van der Waals surface area contributed by atoms with Crippen molar-refractivity contribution >= 4 is 49.4 Å². The molecule has 5 rings (SSSR count). The van der Waals surface area contributed by atoms with Crippen molar-refractivity contribution in [3.63, 3.8) is 0 Å². The molecule has 11 heteroatoms. The molecular weight excluding hydrogens is 610 g/mol. The summed E-state index contributed by atoms with van der Waals surface area (Å²) in [4.78, 5) is 17.6. The Balaban J connectivity index is 1.23. The van der Waals surface area contributed by atoms with E-state index in [0.717, 1.165) is 51.2 Å². The predicted molar refractivity (Wildman–Crippen MR) is 146 cm³/mol. The zero-order valence-electron chi connectivity index (χ0n) is 19.6. The van der Waals surface area contributed by atoms with Gasteiger partial charge in [-0.05, 0) is 65.7 Å². The molecular formula is C25H24Br2ClN7O. The fraction of sp³-hybridized carbons (Fsp3) is 0.280. The van der Waals surface area contributed by atoms with Gasteiger partial charge in [0.1, 0.15) is 0 Å². The van der Waals surface area contributed by atoms with Gasteiger partial charge < -0.3 is 4.90 Å². The summed E-state index contributed by atoms with van der Waals surface area (Å²) in [5.41, 5.74) is 4.12. The molecule has 0 radical (unpaired) electrons. The molecule has 1 fully saturated rings. The fourth-order valence-electron chi connectivity index (χ4n) is 4.34. The van der Waals surface area contributed by atoms with E-state index in [1.54, 1.807) is 10.9 Å². The Hall–Kier alpha value is -2.53. The number of nitrogens with zero attached hydrogens (tertiary/aromatic N) is 7. The highest BCUT2D eigenvalue weighted by Gasteiger charge is 2.24. The van der Waals surface area contributed by atoms with Crippen LogP contribution in [0.1, 0.15) is 28.2 Å². The summed E-state index contributed by atoms with van der Waals surface area (Å²) in [6, 6.07) is 13.6. The third kappa shape index (κ3) is 5.41. The normalized spacial score (nSPS) is 14.7. The Kier molecular flexibility index (Phi) is 7.57. The van der Waals surface area contributed by atoms with Crippen LogP contribution in [0.4, 0.5) is 0 Å². The first-order valence-corrected chi connectivity index (χ1v) is 13.5. The molecule has 0 spiro atoms. The van der Waals surface area contributed by atoms with Crippen LogP contribution < -0.4 is 0 Å². The van der Waals surface area contributed by atoms with Crippen molar-refractivity contribution in [3.8, 4) is 11.4 Å². The molecule has 3 heterocycles. The van der Waals surface area contributed by atoms with Gasteiger partial charge >= 0.3 is 0 Å². The lowest BCUT2D eigenvalue weighted by Gasteiger charge is -2.21. The van der Waals surface area contributed by atoms with E-state index in [0.29, 0.717) is 30.2 Å². The topological polar surface area (TPSA) is 72.1 Å². The number of benzene rings is 2. The van der Waals surface area contributed by atoms with Gasteiger partial charge in [0.25, 0.3) is 5.91 Å². The summed E-state index contributed by atoms with van der Waals surface area (Å²) in [6.07, 6.45) is 4.49. The van der Waals surface area contributed by atoms with E-state index >= 15 is 0 Å². The zero-order chi connectivity index (χ0) is 25.2. The van der Waals surface area contributed by atoms with Crippen LogP contribution in [0.25, 0.3) is 11.4 Å². The van der Waals surface area contributed by atoms with E-state index in [1.165, 1.54) is 0 Å². The maximum absolute atomic E-state index is 13.4. The maximum Gasteiger partial charge on any atom is 0.257 e. The van der Waals surface area contributed by atoms with E-state index in [-0.39, 0.29) is 5.91 Å². The third-order valence-electron chi connectivity index (χ3n) is 6.26. The highest BCUT2D eigenvalue weighted by Crippen LogP contribution is 2.25. The van der Waals surface area contributed by atoms with Crippen molar-refractivity contribution in [1.29, 1.82) is 0 Å². The van der Waals surface area contributed by atoms with Crippen molar-refractivity contribution in [3.05, 3.63) is 85.8 Å². The van der Waals surface area contributed by atoms with Crippen molar-refractivity contribution in [2.75, 3.05) is 26.2 Å². The Bertz CT molecular complexity index is 1400. The van der Waals surface area contributed by atoms with Crippen molar-refractivity contribution in [2.24, 2.45) is 0 Å². The first-order chi connectivity index (χ1) is 17.4. The van der Waals surface area contributed by atoms with Gasteiger partial charge in [-0.25, -0.2) is 9.36 Å². The summed E-state index contributed by atoms with van der Waals surface area (Å²) >= 11 is 13.1. The number of carbonyl (C=O) groups is 1. The molecule has 0 saturated carbocycles. The molecule has 36 heavy (non-hydrogen) atoms. The van der Waals surface area contributed by atoms with Crippen LogP contribution in [0, 0.1) is 6.92 Å². The molecule has 1 aliphatic rings. The number of halogens is 3. The maximum atomic E-state index is 13.4. The van der Waals surface area contributed by atoms with Crippen molar-refractivity contribution in [1.82, 2.24) is 34.6 Å². The van der Waals surface area contributed by atoms with Crippen LogP contribution in [0.5, 0.6) is 0 Å². The fourth-order valence-corrected chi connectivity index (χ4v) is 5.15. The monoisotopic (exact) mass is 631 g/mol. The van der Waals surface area contributed by atoms with Gasteiger partial charge in [0.2, 0.25) is 0 Å². The Morgan fingerprint density at radius 2 is 1.92 bits per heavy atom. The van der Waals surface area contributed by atoms with Crippen molar-refractivity contribution < 1.29 is 4.79 Å². The number of hydrogen-bond acceptors (Lipinski definition) is 5. The third-order valence-corrected chi connectivity index (χ3v) is 7.99. The molecule has 0 unspecified atom stereocenters. The summed E-state index contributed by atoms with van der Waals surface area (Å²) < 4.78 is 5.35. The highest BCUT2D eigenvalue weighted by molar-refractivity contribution is 9.10. The molecule has 0 N–H and O–H groups in total. The van der Waals surface area contributed by atoms with Gasteiger partial charge in [-0.1, -0.05) is 38.8 Å². The van der Waals surface area contributed by atoms with Gasteiger partial charge in [0.05, 0.1) is 45.7 Å². The van der Waals surface area contributed by atoms with Crippen LogP contribution in [-0.2, 0) is 6.54 Å². The van der Waals surface area contributed by atoms with Crippen LogP contribution in [0.15, 0.2) is 63.8 Å². The standard InChI is InChI=1S/C25H24Br2ClN7O/c1-17-22(14-29-35(17)21-5-2-4-18(26)12-21)25(36)33-9-3-8-32(10-11-33)15-19-16-34(31-30-19)20-6-7-23(27)24(28)13-20/h2,4-7,12-14,16H,3,8-11,15H2,1H3. The number of amides is 1. The number of aromatic nitrogens is 5. The molecule has 0 aliphatic carbocycles. The first kappa shape index (κ1) is 25.1. The molecule has 2 aromatic heterocycles. The molecule has 0 bridgehead atoms. The van der Waals surface area contributed by atoms with Gasteiger partial charge in [0, 0.05) is 41.7 Å². The van der Waals surface area contributed by atoms with Crippen LogP contribution in [0.2, 0.25) is 5.02 Å². The number of hydrogen-bond donors (Lipinski definition) is 0. The van der Waals surface area contributed by atoms with E-state index in [2.05, 4.69) is 52.2 Å². The van der Waals surface area contributed by atoms with E-state index in [9.17, 15) is 4.79 Å². The Morgan fingerprint density at radius 3 is 2.72 bits per heavy atom. The minimum atomic E-state index is 0.0219. The summed E-state index contributed by atoms with van der Waals surface area (Å²) in [5.74, 6) is 0.0219. The summed E-state index contributed by atoms with van der Waals surface area (Å²) in [7, 11) is 0. The second kappa shape index (κ2) is 10.8.